The summed E-state index contributed by atoms with van der Waals surface area (Å²) >= 11 is 0. The van der Waals surface area contributed by atoms with Gasteiger partial charge in [-0.25, -0.2) is 0 Å². The summed E-state index contributed by atoms with van der Waals surface area (Å²) in [5, 5.41) is 0. The van der Waals surface area contributed by atoms with Crippen molar-refractivity contribution in [1.82, 2.24) is 10.9 Å². The maximum atomic E-state index is 12.1. The lowest BCUT2D eigenvalue weighted by molar-refractivity contribution is -0.128. The van der Waals surface area contributed by atoms with Crippen molar-refractivity contribution in [3.8, 4) is 0 Å². The number of carbonyl (C=O) groups excluding carboxylic acids is 2. The van der Waals surface area contributed by atoms with Crippen LogP contribution < -0.4 is 15.8 Å². The number of hydrogen-bond acceptors (Lipinski definition) is 3. The van der Waals surface area contributed by atoms with Gasteiger partial charge in [-0.1, -0.05) is 48.5 Å². The van der Waals surface area contributed by atoms with Gasteiger partial charge in [0, 0.05) is 18.7 Å². The summed E-state index contributed by atoms with van der Waals surface area (Å²) in [5.74, 6) is -0.388. The number of rotatable bonds is 5. The highest BCUT2D eigenvalue weighted by Crippen LogP contribution is 2.26. The molecule has 3 rings (SSSR count). The summed E-state index contributed by atoms with van der Waals surface area (Å²) in [6.45, 7) is 1.10. The molecule has 1 heterocycles. The van der Waals surface area contributed by atoms with Crippen molar-refractivity contribution in [1.29, 1.82) is 0 Å². The topological polar surface area (TPSA) is 61.4 Å². The number of carbonyl (C=O) groups is 2. The number of nitrogens with one attached hydrogen (secondary N) is 2. The van der Waals surface area contributed by atoms with Crippen LogP contribution in [0.1, 0.15) is 24.0 Å². The van der Waals surface area contributed by atoms with Gasteiger partial charge in [0.1, 0.15) is 0 Å². The molecular formula is C20H23N3O2. The third-order valence-corrected chi connectivity index (χ3v) is 4.37. The van der Waals surface area contributed by atoms with Gasteiger partial charge in [-0.2, -0.15) is 0 Å². The number of amides is 2. The third-order valence-electron chi connectivity index (χ3n) is 4.37. The van der Waals surface area contributed by atoms with Crippen LogP contribution in [0.15, 0.2) is 54.6 Å². The second-order valence-electron chi connectivity index (χ2n) is 6.24. The average molecular weight is 337 g/mol. The molecule has 5 nitrogen and oxygen atoms in total. The van der Waals surface area contributed by atoms with Gasteiger partial charge in [-0.05, 0) is 36.5 Å². The van der Waals surface area contributed by atoms with Gasteiger partial charge in [0.2, 0.25) is 5.91 Å². The van der Waals surface area contributed by atoms with E-state index < -0.39 is 0 Å². The number of nitrogens with zero attached hydrogens (tertiary/aromatic N) is 1. The highest BCUT2D eigenvalue weighted by Gasteiger charge is 2.18. The first-order valence-electron chi connectivity index (χ1n) is 8.67. The van der Waals surface area contributed by atoms with E-state index in [-0.39, 0.29) is 18.4 Å². The Morgan fingerprint density at radius 3 is 2.48 bits per heavy atom. The first kappa shape index (κ1) is 17.0. The highest BCUT2D eigenvalue weighted by molar-refractivity contribution is 5.85. The number of para-hydroxylation sites is 1. The van der Waals surface area contributed by atoms with Gasteiger partial charge in [-0.15, -0.1) is 0 Å². The molecule has 1 aliphatic heterocycles. The zero-order valence-corrected chi connectivity index (χ0v) is 14.2. The minimum atomic E-state index is -0.204. The number of anilines is 1. The molecule has 2 N–H and O–H groups in total. The molecule has 0 aromatic heterocycles. The fourth-order valence-corrected chi connectivity index (χ4v) is 3.09. The van der Waals surface area contributed by atoms with Crippen molar-refractivity contribution in [3.05, 3.63) is 65.7 Å². The van der Waals surface area contributed by atoms with Gasteiger partial charge in [0.15, 0.2) is 0 Å². The Balaban J connectivity index is 1.43. The predicted molar refractivity (Wildman–Crippen MR) is 98.0 cm³/mol. The van der Waals surface area contributed by atoms with Crippen molar-refractivity contribution in [2.45, 2.75) is 25.7 Å². The van der Waals surface area contributed by atoms with Crippen LogP contribution in [-0.4, -0.2) is 24.9 Å². The van der Waals surface area contributed by atoms with Gasteiger partial charge >= 0.3 is 0 Å². The SMILES string of the molecule is O=C(CCc1ccccc1)NNC(=O)CN1CCCc2ccccc21. The molecule has 0 fully saturated rings. The van der Waals surface area contributed by atoms with Gasteiger partial charge in [0.05, 0.1) is 6.54 Å². The summed E-state index contributed by atoms with van der Waals surface area (Å²) in [4.78, 5) is 26.1. The molecule has 0 saturated carbocycles. The predicted octanol–water partition coefficient (Wildman–Crippen LogP) is 2.22. The van der Waals surface area contributed by atoms with Crippen molar-refractivity contribution in [2.24, 2.45) is 0 Å². The van der Waals surface area contributed by atoms with E-state index in [1.165, 1.54) is 5.56 Å². The third kappa shape index (κ3) is 4.83. The fraction of sp³-hybridized carbons (Fsp3) is 0.300. The first-order chi connectivity index (χ1) is 12.2. The standard InChI is InChI=1S/C20H23N3O2/c24-19(13-12-16-7-2-1-3-8-16)21-22-20(25)15-23-14-6-10-17-9-4-5-11-18(17)23/h1-5,7-9,11H,6,10,12-15H2,(H,21,24)(H,22,25). The van der Waals surface area contributed by atoms with Gasteiger partial charge in [-0.3, -0.25) is 20.4 Å². The maximum Gasteiger partial charge on any atom is 0.257 e. The average Bonchev–Trinajstić information content (AvgIpc) is 2.66. The number of aryl methyl sites for hydroxylation is 2. The Labute approximate surface area is 148 Å². The Bertz CT molecular complexity index is 731. The van der Waals surface area contributed by atoms with Crippen LogP contribution in [0.4, 0.5) is 5.69 Å². The van der Waals surface area contributed by atoms with E-state index >= 15 is 0 Å². The molecule has 2 aromatic carbocycles. The number of fused-ring (bicyclic) bond motifs is 1. The Morgan fingerprint density at radius 2 is 1.64 bits per heavy atom. The molecule has 25 heavy (non-hydrogen) atoms. The van der Waals surface area contributed by atoms with Gasteiger partial charge in [0.25, 0.3) is 5.91 Å². The van der Waals surface area contributed by atoms with E-state index in [1.54, 1.807) is 0 Å². The maximum absolute atomic E-state index is 12.1. The van der Waals surface area contributed by atoms with E-state index in [0.717, 1.165) is 30.6 Å². The summed E-state index contributed by atoms with van der Waals surface area (Å²) in [6.07, 6.45) is 3.08. The molecule has 0 unspecified atom stereocenters. The van der Waals surface area contributed by atoms with Crippen LogP contribution >= 0.6 is 0 Å². The molecule has 130 valence electrons. The molecule has 0 atom stereocenters. The molecule has 0 spiro atoms. The Kier molecular flexibility index (Phi) is 5.67. The van der Waals surface area contributed by atoms with Gasteiger partial charge < -0.3 is 4.90 Å². The Morgan fingerprint density at radius 1 is 0.920 bits per heavy atom. The molecule has 2 amide bonds. The molecule has 5 heteroatoms. The smallest absolute Gasteiger partial charge is 0.257 e. The molecule has 0 radical (unpaired) electrons. The van der Waals surface area contributed by atoms with E-state index in [0.29, 0.717) is 12.8 Å². The molecule has 1 aliphatic rings. The molecule has 0 saturated heterocycles. The Hall–Kier alpha value is -2.82. The molecule has 0 aliphatic carbocycles. The lowest BCUT2D eigenvalue weighted by atomic mass is 10.0. The van der Waals surface area contributed by atoms with E-state index in [2.05, 4.69) is 21.8 Å². The van der Waals surface area contributed by atoms with Crippen LogP contribution in [0.2, 0.25) is 0 Å². The second kappa shape index (κ2) is 8.33. The summed E-state index contributed by atoms with van der Waals surface area (Å²) in [6, 6.07) is 18.0. The molecule has 2 aromatic rings. The number of benzene rings is 2. The minimum Gasteiger partial charge on any atom is -0.362 e. The number of hydrogen-bond donors (Lipinski definition) is 2. The fourth-order valence-electron chi connectivity index (χ4n) is 3.09. The lowest BCUT2D eigenvalue weighted by Crippen LogP contribution is -2.47. The highest BCUT2D eigenvalue weighted by atomic mass is 16.2. The van der Waals surface area contributed by atoms with Crippen LogP contribution in [0.25, 0.3) is 0 Å². The first-order valence-corrected chi connectivity index (χ1v) is 8.67. The molecular weight excluding hydrogens is 314 g/mol. The lowest BCUT2D eigenvalue weighted by Gasteiger charge is -2.30. The summed E-state index contributed by atoms with van der Waals surface area (Å²) < 4.78 is 0. The van der Waals surface area contributed by atoms with Crippen molar-refractivity contribution >= 4 is 17.5 Å². The normalized spacial score (nSPS) is 13.0. The zero-order valence-electron chi connectivity index (χ0n) is 14.2. The van der Waals surface area contributed by atoms with E-state index in [1.807, 2.05) is 48.5 Å². The quantitative estimate of drug-likeness (QED) is 0.823. The zero-order chi connectivity index (χ0) is 17.5. The monoisotopic (exact) mass is 337 g/mol. The second-order valence-corrected chi connectivity index (χ2v) is 6.24. The van der Waals surface area contributed by atoms with Crippen LogP contribution in [0.5, 0.6) is 0 Å². The van der Waals surface area contributed by atoms with E-state index in [4.69, 9.17) is 0 Å². The largest absolute Gasteiger partial charge is 0.362 e. The van der Waals surface area contributed by atoms with Crippen LogP contribution in [-0.2, 0) is 22.4 Å². The summed E-state index contributed by atoms with van der Waals surface area (Å²) in [7, 11) is 0. The number of hydrazine groups is 1. The van der Waals surface area contributed by atoms with Crippen molar-refractivity contribution < 1.29 is 9.59 Å². The minimum absolute atomic E-state index is 0.184. The van der Waals surface area contributed by atoms with Crippen LogP contribution in [0, 0.1) is 0 Å². The van der Waals surface area contributed by atoms with Crippen molar-refractivity contribution in [2.75, 3.05) is 18.0 Å². The molecule has 0 bridgehead atoms. The van der Waals surface area contributed by atoms with Crippen molar-refractivity contribution in [3.63, 3.8) is 0 Å². The van der Waals surface area contributed by atoms with Crippen LogP contribution in [0.3, 0.4) is 0 Å². The van der Waals surface area contributed by atoms with E-state index in [9.17, 15) is 9.59 Å². The summed E-state index contributed by atoms with van der Waals surface area (Å²) in [5.41, 5.74) is 8.51.